The molecule has 1 aromatic rings. The van der Waals surface area contributed by atoms with E-state index >= 15 is 0 Å². The first-order chi connectivity index (χ1) is 10.2. The van der Waals surface area contributed by atoms with Crippen LogP contribution in [0.3, 0.4) is 0 Å². The summed E-state index contributed by atoms with van der Waals surface area (Å²) < 4.78 is 0. The number of likely N-dealkylation sites (tertiary alicyclic amines) is 1. The Bertz CT molecular complexity index is 476. The molecule has 116 valence electrons. The van der Waals surface area contributed by atoms with E-state index < -0.39 is 0 Å². The lowest BCUT2D eigenvalue weighted by atomic mass is 10.4. The van der Waals surface area contributed by atoms with E-state index in [1.807, 2.05) is 17.2 Å². The van der Waals surface area contributed by atoms with Crippen LogP contribution in [-0.4, -0.2) is 53.2 Å². The largest absolute Gasteiger partial charge is 0.370 e. The summed E-state index contributed by atoms with van der Waals surface area (Å²) >= 11 is 1.49. The second kappa shape index (κ2) is 8.07. The van der Waals surface area contributed by atoms with Crippen LogP contribution >= 0.6 is 11.8 Å². The highest BCUT2D eigenvalue weighted by atomic mass is 32.2. The van der Waals surface area contributed by atoms with Crippen LogP contribution in [0.4, 0.5) is 11.6 Å². The molecule has 0 bridgehead atoms. The van der Waals surface area contributed by atoms with E-state index in [1.165, 1.54) is 11.8 Å². The summed E-state index contributed by atoms with van der Waals surface area (Å²) in [5, 5.41) is 7.07. The van der Waals surface area contributed by atoms with Crippen molar-refractivity contribution < 1.29 is 4.79 Å². The molecule has 0 atom stereocenters. The molecule has 7 heteroatoms. The zero-order chi connectivity index (χ0) is 15.1. The molecular weight excluding hydrogens is 286 g/mol. The number of nitrogens with one attached hydrogen (secondary N) is 2. The molecule has 2 rings (SSSR count). The Labute approximate surface area is 130 Å². The maximum atomic E-state index is 12.0. The monoisotopic (exact) mass is 309 g/mol. The van der Waals surface area contributed by atoms with Gasteiger partial charge in [-0.3, -0.25) is 4.79 Å². The number of rotatable bonds is 7. The summed E-state index contributed by atoms with van der Waals surface area (Å²) in [6.07, 6.45) is 5.20. The number of anilines is 2. The highest BCUT2D eigenvalue weighted by Crippen LogP contribution is 2.17. The molecular formula is C14H23N5OS. The Morgan fingerprint density at radius 2 is 1.95 bits per heavy atom. The van der Waals surface area contributed by atoms with Crippen molar-refractivity contribution >= 4 is 29.3 Å². The van der Waals surface area contributed by atoms with Crippen LogP contribution in [0, 0.1) is 0 Å². The SMILES string of the molecule is CCCNc1cc(NCC(=O)N2CCCC2)nc(SC)n1. The Balaban J connectivity index is 1.95. The number of hydrogen-bond donors (Lipinski definition) is 2. The fraction of sp³-hybridized carbons (Fsp3) is 0.643. The third-order valence-corrected chi connectivity index (χ3v) is 3.87. The molecule has 1 aromatic heterocycles. The van der Waals surface area contributed by atoms with Gasteiger partial charge in [0, 0.05) is 25.7 Å². The van der Waals surface area contributed by atoms with Crippen molar-refractivity contribution in [1.29, 1.82) is 0 Å². The molecule has 0 aromatic carbocycles. The van der Waals surface area contributed by atoms with E-state index in [0.717, 1.165) is 44.7 Å². The molecule has 0 radical (unpaired) electrons. The standard InChI is InChI=1S/C14H23N5OS/c1-3-6-15-11-9-12(18-14(17-11)21-2)16-10-13(20)19-7-4-5-8-19/h9H,3-8,10H2,1-2H3,(H2,15,16,17,18). The van der Waals surface area contributed by atoms with Crippen molar-refractivity contribution in [2.24, 2.45) is 0 Å². The number of nitrogens with zero attached hydrogens (tertiary/aromatic N) is 3. The van der Waals surface area contributed by atoms with Crippen LogP contribution in [-0.2, 0) is 4.79 Å². The minimum absolute atomic E-state index is 0.139. The fourth-order valence-corrected chi connectivity index (χ4v) is 2.57. The average Bonchev–Trinajstić information content (AvgIpc) is 3.04. The summed E-state index contributed by atoms with van der Waals surface area (Å²) in [4.78, 5) is 22.7. The van der Waals surface area contributed by atoms with Crippen LogP contribution in [0.25, 0.3) is 0 Å². The summed E-state index contributed by atoms with van der Waals surface area (Å²) in [6.45, 7) is 5.03. The maximum absolute atomic E-state index is 12.0. The van der Waals surface area contributed by atoms with Crippen LogP contribution in [0.5, 0.6) is 0 Å². The van der Waals surface area contributed by atoms with Crippen LogP contribution in [0.15, 0.2) is 11.2 Å². The number of carbonyl (C=O) groups excluding carboxylic acids is 1. The van der Waals surface area contributed by atoms with E-state index in [9.17, 15) is 4.79 Å². The topological polar surface area (TPSA) is 70.2 Å². The molecule has 1 fully saturated rings. The summed E-state index contributed by atoms with van der Waals surface area (Å²) in [5.41, 5.74) is 0. The molecule has 2 heterocycles. The van der Waals surface area contributed by atoms with E-state index in [-0.39, 0.29) is 12.5 Å². The van der Waals surface area contributed by atoms with Gasteiger partial charge in [-0.1, -0.05) is 18.7 Å². The van der Waals surface area contributed by atoms with Crippen LogP contribution in [0.2, 0.25) is 0 Å². The van der Waals surface area contributed by atoms with Gasteiger partial charge in [0.15, 0.2) is 5.16 Å². The lowest BCUT2D eigenvalue weighted by Gasteiger charge is -2.16. The third kappa shape index (κ3) is 4.77. The Kier molecular flexibility index (Phi) is 6.10. The van der Waals surface area contributed by atoms with Crippen molar-refractivity contribution in [2.45, 2.75) is 31.3 Å². The lowest BCUT2D eigenvalue weighted by molar-refractivity contribution is -0.128. The summed E-state index contributed by atoms with van der Waals surface area (Å²) in [7, 11) is 0. The molecule has 0 spiro atoms. The van der Waals surface area contributed by atoms with E-state index in [1.54, 1.807) is 0 Å². The van der Waals surface area contributed by atoms with Crippen LogP contribution in [0.1, 0.15) is 26.2 Å². The summed E-state index contributed by atoms with van der Waals surface area (Å²) in [6, 6.07) is 1.85. The second-order valence-corrected chi connectivity index (χ2v) is 5.77. The fourth-order valence-electron chi connectivity index (χ4n) is 2.20. The highest BCUT2D eigenvalue weighted by molar-refractivity contribution is 7.98. The van der Waals surface area contributed by atoms with E-state index in [4.69, 9.17) is 0 Å². The van der Waals surface area contributed by atoms with Gasteiger partial charge in [-0.15, -0.1) is 0 Å². The molecule has 0 aliphatic carbocycles. The Hall–Kier alpha value is -1.50. The Morgan fingerprint density at radius 1 is 1.29 bits per heavy atom. The molecule has 21 heavy (non-hydrogen) atoms. The number of hydrogen-bond acceptors (Lipinski definition) is 6. The first kappa shape index (κ1) is 15.9. The lowest BCUT2D eigenvalue weighted by Crippen LogP contribution is -2.33. The predicted octanol–water partition coefficient (Wildman–Crippen LogP) is 2.05. The smallest absolute Gasteiger partial charge is 0.241 e. The third-order valence-electron chi connectivity index (χ3n) is 3.32. The summed E-state index contributed by atoms with van der Waals surface area (Å²) in [5.74, 6) is 1.63. The van der Waals surface area contributed by atoms with E-state index in [0.29, 0.717) is 11.0 Å². The van der Waals surface area contributed by atoms with Gasteiger partial charge in [-0.2, -0.15) is 0 Å². The quantitative estimate of drug-likeness (QED) is 0.593. The number of thioether (sulfide) groups is 1. The molecule has 2 N–H and O–H groups in total. The van der Waals surface area contributed by atoms with Crippen LogP contribution < -0.4 is 10.6 Å². The number of aromatic nitrogens is 2. The maximum Gasteiger partial charge on any atom is 0.241 e. The van der Waals surface area contributed by atoms with Crippen molar-refractivity contribution in [3.63, 3.8) is 0 Å². The number of carbonyl (C=O) groups is 1. The first-order valence-electron chi connectivity index (χ1n) is 7.41. The average molecular weight is 309 g/mol. The molecule has 1 aliphatic rings. The minimum Gasteiger partial charge on any atom is -0.370 e. The molecule has 1 saturated heterocycles. The first-order valence-corrected chi connectivity index (χ1v) is 8.64. The number of amides is 1. The van der Waals surface area contributed by atoms with Gasteiger partial charge in [-0.25, -0.2) is 9.97 Å². The second-order valence-electron chi connectivity index (χ2n) is 4.99. The van der Waals surface area contributed by atoms with Gasteiger partial charge in [-0.05, 0) is 25.5 Å². The van der Waals surface area contributed by atoms with Gasteiger partial charge < -0.3 is 15.5 Å². The van der Waals surface area contributed by atoms with Gasteiger partial charge >= 0.3 is 0 Å². The van der Waals surface area contributed by atoms with Gasteiger partial charge in [0.05, 0.1) is 6.54 Å². The zero-order valence-corrected chi connectivity index (χ0v) is 13.5. The van der Waals surface area contributed by atoms with Crippen molar-refractivity contribution in [2.75, 3.05) is 43.1 Å². The molecule has 0 unspecified atom stereocenters. The van der Waals surface area contributed by atoms with Gasteiger partial charge in [0.1, 0.15) is 11.6 Å². The minimum atomic E-state index is 0.139. The predicted molar refractivity (Wildman–Crippen MR) is 86.9 cm³/mol. The molecule has 1 aliphatic heterocycles. The van der Waals surface area contributed by atoms with Gasteiger partial charge in [0.25, 0.3) is 0 Å². The normalized spacial score (nSPS) is 14.3. The zero-order valence-electron chi connectivity index (χ0n) is 12.7. The molecule has 1 amide bonds. The van der Waals surface area contributed by atoms with E-state index in [2.05, 4.69) is 27.5 Å². The van der Waals surface area contributed by atoms with Crippen molar-refractivity contribution in [3.8, 4) is 0 Å². The molecule has 6 nitrogen and oxygen atoms in total. The Morgan fingerprint density at radius 3 is 2.57 bits per heavy atom. The van der Waals surface area contributed by atoms with Gasteiger partial charge in [0.2, 0.25) is 5.91 Å². The van der Waals surface area contributed by atoms with Crippen molar-refractivity contribution in [3.05, 3.63) is 6.07 Å². The molecule has 0 saturated carbocycles. The highest BCUT2D eigenvalue weighted by Gasteiger charge is 2.17. The van der Waals surface area contributed by atoms with Crippen molar-refractivity contribution in [1.82, 2.24) is 14.9 Å².